The molecule has 0 aliphatic heterocycles. The van der Waals surface area contributed by atoms with Crippen LogP contribution in [0, 0.1) is 5.82 Å². The maximum atomic E-state index is 12.9. The molecule has 0 radical (unpaired) electrons. The minimum atomic E-state index is -3.48. The Hall–Kier alpha value is -1.44. The van der Waals surface area contributed by atoms with Crippen molar-refractivity contribution in [1.82, 2.24) is 0 Å². The summed E-state index contributed by atoms with van der Waals surface area (Å²) in [5.74, 6) is -0.899. The maximum Gasteiger partial charge on any atom is 0.232 e. The van der Waals surface area contributed by atoms with Crippen LogP contribution in [0.2, 0.25) is 5.02 Å². The van der Waals surface area contributed by atoms with Gasteiger partial charge in [0.05, 0.1) is 16.5 Å². The van der Waals surface area contributed by atoms with E-state index in [0.717, 1.165) is 0 Å². The molecule has 23 heavy (non-hydrogen) atoms. The standard InChI is InChI=1S/C15H12BrClFNO3S/c1-2-23(21,22)19-14-8-12(16)11(7-13(14)17)15(20)9-3-5-10(18)6-4-9/h3-8,19H,2H2,1H3. The van der Waals surface area contributed by atoms with Crippen LogP contribution in [-0.2, 0) is 10.0 Å². The van der Waals surface area contributed by atoms with Gasteiger partial charge in [-0.1, -0.05) is 11.6 Å². The molecular formula is C15H12BrClFNO3S. The minimum absolute atomic E-state index is 0.0932. The van der Waals surface area contributed by atoms with Gasteiger partial charge in [0.25, 0.3) is 0 Å². The summed E-state index contributed by atoms with van der Waals surface area (Å²) in [6.07, 6.45) is 0. The van der Waals surface area contributed by atoms with E-state index in [0.29, 0.717) is 10.0 Å². The van der Waals surface area contributed by atoms with Crippen molar-refractivity contribution in [3.63, 3.8) is 0 Å². The number of hydrogen-bond donors (Lipinski definition) is 1. The van der Waals surface area contributed by atoms with Gasteiger partial charge in [-0.25, -0.2) is 12.8 Å². The Labute approximate surface area is 146 Å². The molecule has 122 valence electrons. The summed E-state index contributed by atoms with van der Waals surface area (Å²) in [7, 11) is -3.48. The summed E-state index contributed by atoms with van der Waals surface area (Å²) in [4.78, 5) is 12.4. The molecule has 2 aromatic rings. The number of sulfonamides is 1. The summed E-state index contributed by atoms with van der Waals surface area (Å²) in [5.41, 5.74) is 0.724. The highest BCUT2D eigenvalue weighted by Crippen LogP contribution is 2.31. The van der Waals surface area contributed by atoms with Crippen LogP contribution in [0.3, 0.4) is 0 Å². The number of benzene rings is 2. The first-order valence-corrected chi connectivity index (χ1v) is 9.35. The third kappa shape index (κ3) is 4.31. The first kappa shape index (κ1) is 17.9. The second-order valence-corrected chi connectivity index (χ2v) is 7.93. The molecule has 0 heterocycles. The molecule has 0 aliphatic rings. The van der Waals surface area contributed by atoms with Gasteiger partial charge in [0.1, 0.15) is 5.82 Å². The predicted molar refractivity (Wildman–Crippen MR) is 92.1 cm³/mol. The molecule has 0 saturated heterocycles. The molecule has 0 amide bonds. The average molecular weight is 421 g/mol. The summed E-state index contributed by atoms with van der Waals surface area (Å²) < 4.78 is 38.9. The van der Waals surface area contributed by atoms with Gasteiger partial charge in [0.15, 0.2) is 5.78 Å². The van der Waals surface area contributed by atoms with E-state index in [1.807, 2.05) is 0 Å². The highest BCUT2D eigenvalue weighted by molar-refractivity contribution is 9.10. The van der Waals surface area contributed by atoms with Crippen molar-refractivity contribution in [2.24, 2.45) is 0 Å². The molecule has 0 saturated carbocycles. The molecule has 0 atom stereocenters. The number of carbonyl (C=O) groups excluding carboxylic acids is 1. The van der Waals surface area contributed by atoms with Gasteiger partial charge >= 0.3 is 0 Å². The van der Waals surface area contributed by atoms with Gasteiger partial charge in [0, 0.05) is 15.6 Å². The van der Waals surface area contributed by atoms with E-state index in [1.54, 1.807) is 0 Å². The molecule has 2 rings (SSSR count). The van der Waals surface area contributed by atoms with E-state index in [-0.39, 0.29) is 27.8 Å². The van der Waals surface area contributed by atoms with Crippen molar-refractivity contribution < 1.29 is 17.6 Å². The molecule has 4 nitrogen and oxygen atoms in total. The minimum Gasteiger partial charge on any atom is -0.289 e. The van der Waals surface area contributed by atoms with E-state index in [4.69, 9.17) is 11.6 Å². The van der Waals surface area contributed by atoms with Crippen molar-refractivity contribution >= 4 is 49.0 Å². The second kappa shape index (κ2) is 6.98. The van der Waals surface area contributed by atoms with Crippen LogP contribution in [0.1, 0.15) is 22.8 Å². The van der Waals surface area contributed by atoms with Gasteiger partial charge < -0.3 is 0 Å². The van der Waals surface area contributed by atoms with Crippen molar-refractivity contribution in [3.8, 4) is 0 Å². The van der Waals surface area contributed by atoms with Crippen molar-refractivity contribution in [1.29, 1.82) is 0 Å². The van der Waals surface area contributed by atoms with Crippen LogP contribution in [0.5, 0.6) is 0 Å². The maximum absolute atomic E-state index is 12.9. The van der Waals surface area contributed by atoms with Crippen LogP contribution in [0.25, 0.3) is 0 Å². The molecule has 0 unspecified atom stereocenters. The van der Waals surface area contributed by atoms with Gasteiger partial charge in [-0.3, -0.25) is 9.52 Å². The largest absolute Gasteiger partial charge is 0.289 e. The van der Waals surface area contributed by atoms with Crippen molar-refractivity contribution in [3.05, 3.63) is 62.8 Å². The number of anilines is 1. The smallest absolute Gasteiger partial charge is 0.232 e. The van der Waals surface area contributed by atoms with Crippen LogP contribution in [0.15, 0.2) is 40.9 Å². The lowest BCUT2D eigenvalue weighted by molar-refractivity contribution is 0.103. The lowest BCUT2D eigenvalue weighted by atomic mass is 10.0. The molecule has 0 fully saturated rings. The molecule has 1 N–H and O–H groups in total. The summed E-state index contributed by atoms with van der Waals surface area (Å²) >= 11 is 9.30. The Bertz CT molecular complexity index is 854. The van der Waals surface area contributed by atoms with Crippen LogP contribution in [-0.4, -0.2) is 20.0 Å². The van der Waals surface area contributed by atoms with Crippen LogP contribution in [0.4, 0.5) is 10.1 Å². The Morgan fingerprint density at radius 1 is 1.26 bits per heavy atom. The third-order valence-electron chi connectivity index (χ3n) is 3.05. The zero-order chi connectivity index (χ0) is 17.2. The van der Waals surface area contributed by atoms with E-state index < -0.39 is 15.8 Å². The first-order valence-electron chi connectivity index (χ1n) is 6.53. The first-order chi connectivity index (χ1) is 10.7. The Morgan fingerprint density at radius 3 is 2.43 bits per heavy atom. The number of halogens is 3. The predicted octanol–water partition coefficient (Wildman–Crippen LogP) is 4.23. The van der Waals surface area contributed by atoms with Crippen molar-refractivity contribution in [2.45, 2.75) is 6.92 Å². The Balaban J connectivity index is 2.40. The summed E-state index contributed by atoms with van der Waals surface area (Å²) in [6.45, 7) is 1.50. The third-order valence-corrected chi connectivity index (χ3v) is 5.31. The fourth-order valence-electron chi connectivity index (χ4n) is 1.80. The zero-order valence-corrected chi connectivity index (χ0v) is 15.1. The van der Waals surface area contributed by atoms with Crippen LogP contribution < -0.4 is 4.72 Å². The van der Waals surface area contributed by atoms with Crippen molar-refractivity contribution in [2.75, 3.05) is 10.5 Å². The molecule has 0 aliphatic carbocycles. The van der Waals surface area contributed by atoms with Gasteiger partial charge in [-0.2, -0.15) is 0 Å². The highest BCUT2D eigenvalue weighted by Gasteiger charge is 2.17. The van der Waals surface area contributed by atoms with Gasteiger partial charge in [0.2, 0.25) is 10.0 Å². The Kier molecular flexibility index (Phi) is 5.44. The number of rotatable bonds is 5. The fourth-order valence-corrected chi connectivity index (χ4v) is 3.23. The molecular weight excluding hydrogens is 409 g/mol. The van der Waals surface area contributed by atoms with Crippen LogP contribution >= 0.6 is 27.5 Å². The number of carbonyl (C=O) groups is 1. The normalized spacial score (nSPS) is 11.3. The fraction of sp³-hybridized carbons (Fsp3) is 0.133. The monoisotopic (exact) mass is 419 g/mol. The van der Waals surface area contributed by atoms with E-state index >= 15 is 0 Å². The topological polar surface area (TPSA) is 63.2 Å². The SMILES string of the molecule is CCS(=O)(=O)Nc1cc(Br)c(C(=O)c2ccc(F)cc2)cc1Cl. The number of hydrogen-bond acceptors (Lipinski definition) is 3. The summed E-state index contributed by atoms with van der Waals surface area (Å²) in [6, 6.07) is 7.90. The molecule has 0 aromatic heterocycles. The average Bonchev–Trinajstić information content (AvgIpc) is 2.50. The summed E-state index contributed by atoms with van der Waals surface area (Å²) in [5, 5.41) is 0.0932. The van der Waals surface area contributed by atoms with Gasteiger partial charge in [-0.15, -0.1) is 0 Å². The van der Waals surface area contributed by atoms with E-state index in [9.17, 15) is 17.6 Å². The number of nitrogens with one attached hydrogen (secondary N) is 1. The van der Waals surface area contributed by atoms with E-state index in [1.165, 1.54) is 43.3 Å². The lowest BCUT2D eigenvalue weighted by Crippen LogP contribution is -2.15. The molecule has 8 heteroatoms. The number of ketones is 1. The molecule has 0 bridgehead atoms. The van der Waals surface area contributed by atoms with Gasteiger partial charge in [-0.05, 0) is 59.3 Å². The Morgan fingerprint density at radius 2 is 1.87 bits per heavy atom. The molecule has 2 aromatic carbocycles. The van der Waals surface area contributed by atoms with E-state index in [2.05, 4.69) is 20.7 Å². The quantitative estimate of drug-likeness (QED) is 0.736. The lowest BCUT2D eigenvalue weighted by Gasteiger charge is -2.11. The molecule has 0 spiro atoms. The second-order valence-electron chi connectivity index (χ2n) is 4.65. The highest BCUT2D eigenvalue weighted by atomic mass is 79.9. The zero-order valence-electron chi connectivity index (χ0n) is 11.9.